The molecule has 6 nitrogen and oxygen atoms in total. The van der Waals surface area contributed by atoms with Crippen molar-refractivity contribution in [3.8, 4) is 17.2 Å². The number of nitrogens with one attached hydrogen (secondary N) is 1. The molecule has 1 aromatic carbocycles. The van der Waals surface area contributed by atoms with E-state index in [2.05, 4.69) is 21.3 Å². The van der Waals surface area contributed by atoms with Crippen LogP contribution in [-0.4, -0.2) is 41.5 Å². The van der Waals surface area contributed by atoms with Gasteiger partial charge in [0.05, 0.1) is 11.6 Å². The summed E-state index contributed by atoms with van der Waals surface area (Å²) in [5, 5.41) is 11.4. The van der Waals surface area contributed by atoms with Gasteiger partial charge >= 0.3 is 0 Å². The molecule has 1 aromatic heterocycles. The minimum Gasteiger partial charge on any atom is -0.383 e. The summed E-state index contributed by atoms with van der Waals surface area (Å²) in [5.41, 5.74) is 8.30. The number of fused-ring (bicyclic) bond motifs is 1. The molecule has 5 rings (SSSR count). The summed E-state index contributed by atoms with van der Waals surface area (Å²) < 4.78 is 0. The molecule has 1 aliphatic heterocycles. The third kappa shape index (κ3) is 5.86. The van der Waals surface area contributed by atoms with Crippen LogP contribution in [0.5, 0.6) is 0 Å². The van der Waals surface area contributed by atoms with E-state index < -0.39 is 0 Å². The molecule has 1 saturated heterocycles. The summed E-state index contributed by atoms with van der Waals surface area (Å²) in [6, 6.07) is 14.2. The lowest BCUT2D eigenvalue weighted by molar-refractivity contribution is 0.0928. The Morgan fingerprint density at radius 1 is 1.12 bits per heavy atom. The normalized spacial score (nSPS) is 22.2. The predicted octanol–water partition coefficient (Wildman–Crippen LogP) is 4.25. The zero-order valence-electron chi connectivity index (χ0n) is 18.7. The molecule has 2 heterocycles. The quantitative estimate of drug-likeness (QED) is 0.738. The molecule has 6 heteroatoms. The third-order valence-corrected chi connectivity index (χ3v) is 6.80. The van der Waals surface area contributed by atoms with E-state index in [9.17, 15) is 4.79 Å². The minimum absolute atomic E-state index is 0.116. The number of amides is 1. The summed E-state index contributed by atoms with van der Waals surface area (Å²) in [7, 11) is 0. The van der Waals surface area contributed by atoms with Crippen molar-refractivity contribution in [1.82, 2.24) is 15.2 Å². The molecule has 2 saturated carbocycles. The van der Waals surface area contributed by atoms with Crippen LogP contribution >= 0.6 is 0 Å². The van der Waals surface area contributed by atoms with Crippen LogP contribution in [0.25, 0.3) is 11.1 Å². The van der Waals surface area contributed by atoms with Crippen molar-refractivity contribution in [3.63, 3.8) is 0 Å². The highest BCUT2D eigenvalue weighted by molar-refractivity contribution is 5.99. The van der Waals surface area contributed by atoms with Crippen LogP contribution in [0.3, 0.4) is 0 Å². The van der Waals surface area contributed by atoms with E-state index in [0.717, 1.165) is 42.3 Å². The van der Waals surface area contributed by atoms with Gasteiger partial charge in [-0.05, 0) is 42.7 Å². The summed E-state index contributed by atoms with van der Waals surface area (Å²) in [6.07, 6.45) is 9.62. The van der Waals surface area contributed by atoms with Crippen molar-refractivity contribution in [1.29, 1.82) is 5.26 Å². The van der Waals surface area contributed by atoms with Crippen molar-refractivity contribution in [2.45, 2.75) is 51.0 Å². The third-order valence-electron chi connectivity index (χ3n) is 6.80. The highest BCUT2D eigenvalue weighted by Gasteiger charge is 2.44. The Balaban J connectivity index is 0.000000203. The van der Waals surface area contributed by atoms with Gasteiger partial charge < -0.3 is 16.0 Å². The fourth-order valence-corrected chi connectivity index (χ4v) is 4.84. The number of hydrogen-bond acceptors (Lipinski definition) is 5. The van der Waals surface area contributed by atoms with E-state index in [1.54, 1.807) is 6.20 Å². The van der Waals surface area contributed by atoms with E-state index in [0.29, 0.717) is 12.0 Å². The molecule has 2 atom stereocenters. The first-order valence-corrected chi connectivity index (χ1v) is 11.8. The number of anilines is 1. The first-order valence-electron chi connectivity index (χ1n) is 11.8. The molecule has 2 aliphatic carbocycles. The lowest BCUT2D eigenvalue weighted by atomic mass is 9.95. The molecule has 168 valence electrons. The highest BCUT2D eigenvalue weighted by Crippen LogP contribution is 2.44. The molecule has 0 bridgehead atoms. The van der Waals surface area contributed by atoms with Crippen LogP contribution in [0.15, 0.2) is 42.6 Å². The Morgan fingerprint density at radius 2 is 1.84 bits per heavy atom. The number of hydrogen-bond donors (Lipinski definition) is 2. The second-order valence-electron chi connectivity index (χ2n) is 9.25. The van der Waals surface area contributed by atoms with Gasteiger partial charge in [-0.25, -0.2) is 4.98 Å². The Labute approximate surface area is 190 Å². The van der Waals surface area contributed by atoms with Gasteiger partial charge in [-0.1, -0.05) is 49.6 Å². The number of aromatic nitrogens is 1. The number of nitrogens with two attached hydrogens (primary N) is 1. The Morgan fingerprint density at radius 3 is 2.53 bits per heavy atom. The first kappa shape index (κ1) is 22.3. The number of nitrogen functional groups attached to an aromatic ring is 1. The number of carbonyl (C=O) groups excluding carboxylic acids is 1. The second kappa shape index (κ2) is 10.6. The molecule has 2 aromatic rings. The summed E-state index contributed by atoms with van der Waals surface area (Å²) in [6.45, 7) is 3.54. The SMILES string of the molecule is N#CCCN1CC2CC2C1.Nc1ncc(-c2ccccc2)cc1C(=O)NC1CCCCC1. The van der Waals surface area contributed by atoms with Gasteiger partial charge in [-0.2, -0.15) is 5.26 Å². The van der Waals surface area contributed by atoms with Gasteiger partial charge in [0.1, 0.15) is 5.82 Å². The van der Waals surface area contributed by atoms with Crippen molar-refractivity contribution in [2.75, 3.05) is 25.4 Å². The van der Waals surface area contributed by atoms with Gasteiger partial charge in [-0.15, -0.1) is 0 Å². The fourth-order valence-electron chi connectivity index (χ4n) is 4.84. The number of rotatable bonds is 5. The molecule has 0 radical (unpaired) electrons. The summed E-state index contributed by atoms with van der Waals surface area (Å²) >= 11 is 0. The van der Waals surface area contributed by atoms with Crippen molar-refractivity contribution >= 4 is 11.7 Å². The van der Waals surface area contributed by atoms with Crippen LogP contribution in [0.4, 0.5) is 5.82 Å². The zero-order valence-corrected chi connectivity index (χ0v) is 18.7. The van der Waals surface area contributed by atoms with Crippen LogP contribution < -0.4 is 11.1 Å². The standard InChI is InChI=1S/C18H21N3O.C8H12N2/c19-17-16(18(22)21-15-9-5-2-6-10-15)11-14(12-20-17)13-7-3-1-4-8-13;9-2-1-3-10-5-7-4-8(7)6-10/h1,3-4,7-8,11-12,15H,2,5-6,9-10H2,(H2,19,20)(H,21,22);7-8H,1,3-6H2. The molecule has 0 spiro atoms. The number of nitrogens with zero attached hydrogens (tertiary/aromatic N) is 3. The minimum atomic E-state index is -0.116. The van der Waals surface area contributed by atoms with E-state index in [-0.39, 0.29) is 17.8 Å². The van der Waals surface area contributed by atoms with Crippen LogP contribution in [-0.2, 0) is 0 Å². The largest absolute Gasteiger partial charge is 0.383 e. The number of carbonyl (C=O) groups is 1. The van der Waals surface area contributed by atoms with Crippen LogP contribution in [0.2, 0.25) is 0 Å². The lowest BCUT2D eigenvalue weighted by Crippen LogP contribution is -2.36. The fraction of sp³-hybridized carbons (Fsp3) is 0.500. The number of benzene rings is 1. The van der Waals surface area contributed by atoms with Crippen LogP contribution in [0, 0.1) is 23.2 Å². The molecular formula is C26H33N5O. The zero-order chi connectivity index (χ0) is 22.3. The van der Waals surface area contributed by atoms with E-state index in [1.807, 2.05) is 36.4 Å². The second-order valence-corrected chi connectivity index (χ2v) is 9.25. The molecule has 32 heavy (non-hydrogen) atoms. The molecule has 2 unspecified atom stereocenters. The van der Waals surface area contributed by atoms with E-state index in [1.165, 1.54) is 38.8 Å². The molecule has 1 amide bonds. The number of likely N-dealkylation sites (tertiary alicyclic amines) is 1. The maximum absolute atomic E-state index is 12.5. The lowest BCUT2D eigenvalue weighted by Gasteiger charge is -2.23. The van der Waals surface area contributed by atoms with Crippen molar-refractivity contribution in [2.24, 2.45) is 11.8 Å². The van der Waals surface area contributed by atoms with E-state index in [4.69, 9.17) is 11.0 Å². The van der Waals surface area contributed by atoms with Crippen molar-refractivity contribution < 1.29 is 4.79 Å². The molecule has 3 N–H and O–H groups in total. The number of nitriles is 1. The number of pyridine rings is 1. The maximum Gasteiger partial charge on any atom is 0.255 e. The smallest absolute Gasteiger partial charge is 0.255 e. The van der Waals surface area contributed by atoms with Gasteiger partial charge in [0.15, 0.2) is 0 Å². The Bertz CT molecular complexity index is 938. The highest BCUT2D eigenvalue weighted by atomic mass is 16.1. The average molecular weight is 432 g/mol. The molecular weight excluding hydrogens is 398 g/mol. The monoisotopic (exact) mass is 431 g/mol. The Hall–Kier alpha value is -2.91. The van der Waals surface area contributed by atoms with Gasteiger partial charge in [-0.3, -0.25) is 4.79 Å². The molecule has 3 fully saturated rings. The maximum atomic E-state index is 12.5. The van der Waals surface area contributed by atoms with Gasteiger partial charge in [0, 0.05) is 43.9 Å². The first-order chi connectivity index (χ1) is 15.6. The number of piperidine rings is 1. The summed E-state index contributed by atoms with van der Waals surface area (Å²) in [4.78, 5) is 19.1. The Kier molecular flexibility index (Phi) is 7.39. The van der Waals surface area contributed by atoms with Gasteiger partial charge in [0.25, 0.3) is 5.91 Å². The van der Waals surface area contributed by atoms with Crippen molar-refractivity contribution in [3.05, 3.63) is 48.2 Å². The van der Waals surface area contributed by atoms with Gasteiger partial charge in [0.2, 0.25) is 0 Å². The predicted molar refractivity (Wildman–Crippen MR) is 127 cm³/mol. The average Bonchev–Trinajstić information content (AvgIpc) is 3.44. The van der Waals surface area contributed by atoms with E-state index >= 15 is 0 Å². The molecule has 3 aliphatic rings. The van der Waals surface area contributed by atoms with Crippen LogP contribution in [0.1, 0.15) is 55.3 Å². The summed E-state index contributed by atoms with van der Waals surface area (Å²) in [5.74, 6) is 2.19. The topological polar surface area (TPSA) is 95.0 Å².